The molecule has 1 saturated heterocycles. The molecule has 0 bridgehead atoms. The summed E-state index contributed by atoms with van der Waals surface area (Å²) in [5.74, 6) is 0.785. The van der Waals surface area contributed by atoms with Gasteiger partial charge in [-0.15, -0.1) is 11.8 Å². The second-order valence-corrected chi connectivity index (χ2v) is 9.45. The molecule has 22 heavy (non-hydrogen) atoms. The minimum atomic E-state index is -2.86. The summed E-state index contributed by atoms with van der Waals surface area (Å²) in [6.45, 7) is 4.06. The third kappa shape index (κ3) is 5.32. The van der Waals surface area contributed by atoms with E-state index in [1.54, 1.807) is 0 Å². The highest BCUT2D eigenvalue weighted by atomic mass is 32.2. The van der Waals surface area contributed by atoms with E-state index in [-0.39, 0.29) is 28.7 Å². The summed E-state index contributed by atoms with van der Waals surface area (Å²) in [6.07, 6.45) is 1.47. The second-order valence-electron chi connectivity index (χ2n) is 5.94. The predicted molar refractivity (Wildman–Crippen MR) is 92.0 cm³/mol. The monoisotopic (exact) mass is 341 g/mol. The maximum Gasteiger partial charge on any atom is 0.230 e. The van der Waals surface area contributed by atoms with Crippen molar-refractivity contribution < 1.29 is 13.2 Å². The first-order valence-corrected chi connectivity index (χ1v) is 10.4. The molecular formula is C16H23NO3S2. The van der Waals surface area contributed by atoms with Crippen molar-refractivity contribution in [2.45, 2.75) is 38.0 Å². The van der Waals surface area contributed by atoms with Crippen LogP contribution in [-0.2, 0) is 21.1 Å². The Morgan fingerprint density at radius 3 is 2.77 bits per heavy atom. The number of nitrogens with one attached hydrogen (secondary N) is 1. The van der Waals surface area contributed by atoms with Gasteiger partial charge in [0.25, 0.3) is 0 Å². The lowest BCUT2D eigenvalue weighted by Gasteiger charge is -2.16. The number of hydrogen-bond donors (Lipinski definition) is 1. The van der Waals surface area contributed by atoms with Crippen LogP contribution in [0.4, 0.5) is 0 Å². The number of carbonyl (C=O) groups excluding carboxylic acids is 1. The predicted octanol–water partition coefficient (Wildman–Crippen LogP) is 1.96. The molecule has 1 heterocycles. The number of sulfone groups is 1. The van der Waals surface area contributed by atoms with Crippen LogP contribution in [0.3, 0.4) is 0 Å². The average molecular weight is 341 g/mol. The van der Waals surface area contributed by atoms with E-state index in [2.05, 4.69) is 24.4 Å². The van der Waals surface area contributed by atoms with E-state index in [1.165, 1.54) is 22.9 Å². The van der Waals surface area contributed by atoms with E-state index in [4.69, 9.17) is 0 Å². The van der Waals surface area contributed by atoms with E-state index >= 15 is 0 Å². The van der Waals surface area contributed by atoms with Gasteiger partial charge in [-0.2, -0.15) is 0 Å². The van der Waals surface area contributed by atoms with Gasteiger partial charge >= 0.3 is 0 Å². The van der Waals surface area contributed by atoms with Crippen LogP contribution < -0.4 is 5.32 Å². The minimum absolute atomic E-state index is 0.0182. The van der Waals surface area contributed by atoms with Gasteiger partial charge in [0.2, 0.25) is 5.91 Å². The zero-order chi connectivity index (χ0) is 16.2. The fraction of sp³-hybridized carbons (Fsp3) is 0.562. The first kappa shape index (κ1) is 17.3. The highest BCUT2D eigenvalue weighted by molar-refractivity contribution is 8.02. The van der Waals surface area contributed by atoms with E-state index in [0.717, 1.165) is 6.42 Å². The van der Waals surface area contributed by atoms with E-state index in [1.807, 2.05) is 19.1 Å². The Bertz CT molecular complexity index is 628. The first-order chi connectivity index (χ1) is 10.4. The molecular weight excluding hydrogens is 318 g/mol. The van der Waals surface area contributed by atoms with Gasteiger partial charge in [-0.05, 0) is 37.8 Å². The molecule has 0 spiro atoms. The number of thioether (sulfide) groups is 1. The zero-order valence-corrected chi connectivity index (χ0v) is 14.7. The van der Waals surface area contributed by atoms with Crippen molar-refractivity contribution in [2.75, 3.05) is 17.3 Å². The molecule has 4 nitrogen and oxygen atoms in total. The van der Waals surface area contributed by atoms with Crippen molar-refractivity contribution in [2.24, 2.45) is 0 Å². The molecule has 0 aromatic heterocycles. The number of aryl methyl sites for hydroxylation is 1. The summed E-state index contributed by atoms with van der Waals surface area (Å²) in [6, 6.07) is 8.24. The number of rotatable bonds is 6. The Labute approximate surface area is 137 Å². The van der Waals surface area contributed by atoms with E-state index in [0.29, 0.717) is 12.2 Å². The molecule has 2 rings (SSSR count). The van der Waals surface area contributed by atoms with Gasteiger partial charge < -0.3 is 5.32 Å². The highest BCUT2D eigenvalue weighted by Crippen LogP contribution is 2.24. The quantitative estimate of drug-likeness (QED) is 0.859. The first-order valence-electron chi connectivity index (χ1n) is 7.51. The van der Waals surface area contributed by atoms with Crippen molar-refractivity contribution in [3.05, 3.63) is 35.4 Å². The fourth-order valence-corrected chi connectivity index (χ4v) is 6.08. The lowest BCUT2D eigenvalue weighted by Crippen LogP contribution is -2.35. The Kier molecular flexibility index (Phi) is 5.92. The largest absolute Gasteiger partial charge is 0.353 e. The molecule has 0 aliphatic carbocycles. The average Bonchev–Trinajstić information content (AvgIpc) is 2.78. The third-order valence-electron chi connectivity index (χ3n) is 3.84. The topological polar surface area (TPSA) is 63.2 Å². The van der Waals surface area contributed by atoms with Gasteiger partial charge in [0.1, 0.15) is 0 Å². The van der Waals surface area contributed by atoms with Gasteiger partial charge in [0.15, 0.2) is 9.84 Å². The molecule has 0 radical (unpaired) electrons. The summed E-state index contributed by atoms with van der Waals surface area (Å²) >= 11 is 1.45. The lowest BCUT2D eigenvalue weighted by atomic mass is 10.0. The molecule has 6 heteroatoms. The molecule has 1 aliphatic heterocycles. The summed E-state index contributed by atoms with van der Waals surface area (Å²) in [5.41, 5.74) is 2.47. The van der Waals surface area contributed by atoms with Gasteiger partial charge in [-0.3, -0.25) is 4.79 Å². The molecule has 122 valence electrons. The molecule has 0 unspecified atom stereocenters. The molecule has 1 aromatic rings. The number of carbonyl (C=O) groups is 1. The van der Waals surface area contributed by atoms with Crippen LogP contribution in [0.5, 0.6) is 0 Å². The maximum absolute atomic E-state index is 12.0. The molecule has 2 atom stereocenters. The van der Waals surface area contributed by atoms with Crippen LogP contribution in [0.2, 0.25) is 0 Å². The SMILES string of the molecule is Cc1ccccc1C[C@H](C)NC(=O)CS[C@H]1CCS(=O)(=O)C1. The third-order valence-corrected chi connectivity index (χ3v) is 7.12. The number of hydrogen-bond acceptors (Lipinski definition) is 4. The summed E-state index contributed by atoms with van der Waals surface area (Å²) < 4.78 is 22.8. The van der Waals surface area contributed by atoms with Crippen molar-refractivity contribution in [1.82, 2.24) is 5.32 Å². The Balaban J connectivity index is 1.74. The maximum atomic E-state index is 12.0. The van der Waals surface area contributed by atoms with Crippen molar-refractivity contribution in [3.63, 3.8) is 0 Å². The second kappa shape index (κ2) is 7.51. The van der Waals surface area contributed by atoms with Crippen molar-refractivity contribution in [3.8, 4) is 0 Å². The summed E-state index contributed by atoms with van der Waals surface area (Å²) in [7, 11) is -2.86. The number of amides is 1. The van der Waals surface area contributed by atoms with E-state index < -0.39 is 9.84 Å². The van der Waals surface area contributed by atoms with E-state index in [9.17, 15) is 13.2 Å². The summed E-state index contributed by atoms with van der Waals surface area (Å²) in [5, 5.41) is 3.06. The number of benzene rings is 1. The lowest BCUT2D eigenvalue weighted by molar-refractivity contribution is -0.119. The van der Waals surface area contributed by atoms with Crippen LogP contribution >= 0.6 is 11.8 Å². The van der Waals surface area contributed by atoms with Crippen LogP contribution in [0.25, 0.3) is 0 Å². The van der Waals surface area contributed by atoms with Gasteiger partial charge in [-0.25, -0.2) is 8.42 Å². The highest BCUT2D eigenvalue weighted by Gasteiger charge is 2.28. The zero-order valence-electron chi connectivity index (χ0n) is 13.0. The molecule has 1 N–H and O–H groups in total. The van der Waals surface area contributed by atoms with Crippen LogP contribution in [-0.4, -0.2) is 42.9 Å². The molecule has 1 amide bonds. The van der Waals surface area contributed by atoms with Crippen molar-refractivity contribution in [1.29, 1.82) is 0 Å². The minimum Gasteiger partial charge on any atom is -0.353 e. The van der Waals surface area contributed by atoms with Crippen LogP contribution in [0, 0.1) is 6.92 Å². The van der Waals surface area contributed by atoms with Crippen LogP contribution in [0.15, 0.2) is 24.3 Å². The molecule has 1 aliphatic rings. The van der Waals surface area contributed by atoms with Gasteiger partial charge in [-0.1, -0.05) is 24.3 Å². The molecule has 1 fully saturated rings. The molecule has 0 saturated carbocycles. The smallest absolute Gasteiger partial charge is 0.230 e. The Morgan fingerprint density at radius 2 is 2.14 bits per heavy atom. The Hall–Kier alpha value is -1.01. The van der Waals surface area contributed by atoms with Gasteiger partial charge in [0.05, 0.1) is 17.3 Å². The van der Waals surface area contributed by atoms with Crippen molar-refractivity contribution >= 4 is 27.5 Å². The van der Waals surface area contributed by atoms with Gasteiger partial charge in [0, 0.05) is 11.3 Å². The normalized spacial score (nSPS) is 21.5. The molecule has 1 aromatic carbocycles. The fourth-order valence-electron chi connectivity index (χ4n) is 2.62. The Morgan fingerprint density at radius 1 is 1.41 bits per heavy atom. The van der Waals surface area contributed by atoms with Crippen LogP contribution in [0.1, 0.15) is 24.5 Å². The standard InChI is InChI=1S/C16H23NO3S2/c1-12-5-3-4-6-14(12)9-13(2)17-16(18)10-21-15-7-8-22(19,20)11-15/h3-6,13,15H,7-11H2,1-2H3,(H,17,18)/t13-,15-/m0/s1. The summed E-state index contributed by atoms with van der Waals surface area (Å²) in [4.78, 5) is 12.0.